The average Bonchev–Trinajstić information content (AvgIpc) is 2.95. The van der Waals surface area contributed by atoms with Crippen LogP contribution < -0.4 is 16.1 Å². The van der Waals surface area contributed by atoms with Crippen molar-refractivity contribution in [2.24, 2.45) is 10.8 Å². The lowest BCUT2D eigenvalue weighted by Crippen LogP contribution is -2.39. The quantitative estimate of drug-likeness (QED) is 0.698. The van der Waals surface area contributed by atoms with Crippen molar-refractivity contribution in [1.29, 1.82) is 0 Å². The summed E-state index contributed by atoms with van der Waals surface area (Å²) in [6, 6.07) is 11.2. The van der Waals surface area contributed by atoms with E-state index in [4.69, 9.17) is 40.5 Å². The number of thioether (sulfide) groups is 1. The number of amides is 3. The highest BCUT2D eigenvalue weighted by Crippen LogP contribution is 2.39. The summed E-state index contributed by atoms with van der Waals surface area (Å²) < 4.78 is 0. The van der Waals surface area contributed by atoms with Crippen LogP contribution in [0.15, 0.2) is 47.6 Å². The lowest BCUT2D eigenvalue weighted by molar-refractivity contribution is -0.116. The second-order valence-corrected chi connectivity index (χ2v) is 8.18. The van der Waals surface area contributed by atoms with Gasteiger partial charge >= 0.3 is 0 Å². The fourth-order valence-electron chi connectivity index (χ4n) is 2.52. The predicted octanol–water partition coefficient (Wildman–Crippen LogP) is 3.32. The van der Waals surface area contributed by atoms with Crippen molar-refractivity contribution in [3.63, 3.8) is 0 Å². The molecule has 1 heterocycles. The van der Waals surface area contributed by atoms with Gasteiger partial charge in [-0.15, -0.1) is 16.9 Å². The van der Waals surface area contributed by atoms with Gasteiger partial charge in [0.1, 0.15) is 10.9 Å². The van der Waals surface area contributed by atoms with E-state index in [1.165, 1.54) is 12.1 Å². The molecule has 7 nitrogen and oxygen atoms in total. The summed E-state index contributed by atoms with van der Waals surface area (Å²) in [7, 11) is 0. The molecule has 2 aromatic rings. The molecule has 2 aromatic carbocycles. The van der Waals surface area contributed by atoms with E-state index in [9.17, 15) is 14.4 Å². The van der Waals surface area contributed by atoms with Gasteiger partial charge in [0.15, 0.2) is 5.84 Å². The van der Waals surface area contributed by atoms with Crippen molar-refractivity contribution in [3.8, 4) is 0 Å². The summed E-state index contributed by atoms with van der Waals surface area (Å²) in [5, 5.41) is 7.32. The molecule has 1 unspecified atom stereocenters. The molecule has 3 N–H and O–H groups in total. The van der Waals surface area contributed by atoms with Crippen LogP contribution in [0.5, 0.6) is 0 Å². The number of hydrogen-bond donors (Lipinski definition) is 2. The molecule has 3 amide bonds. The van der Waals surface area contributed by atoms with Crippen LogP contribution in [-0.2, 0) is 9.59 Å². The molecule has 0 radical (unpaired) electrons. The molecule has 150 valence electrons. The van der Waals surface area contributed by atoms with E-state index in [1.807, 2.05) is 0 Å². The minimum atomic E-state index is -0.974. The third-order valence-corrected chi connectivity index (χ3v) is 5.76. The first-order valence-corrected chi connectivity index (χ1v) is 10.3. The van der Waals surface area contributed by atoms with Crippen LogP contribution in [0.1, 0.15) is 10.4 Å². The number of nitrogens with two attached hydrogens (primary N) is 1. The van der Waals surface area contributed by atoms with Gasteiger partial charge in [-0.05, 0) is 24.3 Å². The Kier molecular flexibility index (Phi) is 6.69. The van der Waals surface area contributed by atoms with Crippen LogP contribution in [0.2, 0.25) is 15.1 Å². The Morgan fingerprint density at radius 1 is 1.14 bits per heavy atom. The average molecular weight is 472 g/mol. The minimum absolute atomic E-state index is 0.0391. The number of primary amides is 1. The standard InChI is InChI=1S/C18H13Cl3N4O3S/c19-10-6-11(20)14(12(21)7-10)25-18(28)15(29-8-13(22)26)16(24-25)23-17(27)9-4-2-1-3-5-9/h1-7,15H,8H2,(H2,22,26)(H,23,24,27). The van der Waals surface area contributed by atoms with Gasteiger partial charge in [-0.25, -0.2) is 0 Å². The number of halogens is 3. The Balaban J connectivity index is 1.95. The maximum atomic E-state index is 13.0. The van der Waals surface area contributed by atoms with Crippen molar-refractivity contribution in [2.45, 2.75) is 5.25 Å². The Hall–Kier alpha value is -2.26. The fourth-order valence-corrected chi connectivity index (χ4v) is 4.33. The molecule has 0 spiro atoms. The molecule has 0 bridgehead atoms. The van der Waals surface area contributed by atoms with Gasteiger partial charge in [-0.3, -0.25) is 14.4 Å². The number of amidine groups is 1. The lowest BCUT2D eigenvalue weighted by Gasteiger charge is -2.16. The number of nitrogens with zero attached hydrogens (tertiary/aromatic N) is 2. The van der Waals surface area contributed by atoms with Crippen molar-refractivity contribution in [3.05, 3.63) is 63.1 Å². The summed E-state index contributed by atoms with van der Waals surface area (Å²) in [4.78, 5) is 36.7. The number of rotatable bonds is 5. The summed E-state index contributed by atoms with van der Waals surface area (Å²) in [6.45, 7) is 0. The molecule has 0 saturated carbocycles. The van der Waals surface area contributed by atoms with Gasteiger partial charge in [-0.2, -0.15) is 5.01 Å². The highest BCUT2D eigenvalue weighted by Gasteiger charge is 2.40. The summed E-state index contributed by atoms with van der Waals surface area (Å²) in [6.07, 6.45) is 0. The first kappa shape index (κ1) is 21.4. The van der Waals surface area contributed by atoms with Crippen LogP contribution >= 0.6 is 46.6 Å². The lowest BCUT2D eigenvalue weighted by atomic mass is 10.2. The van der Waals surface area contributed by atoms with E-state index >= 15 is 0 Å². The number of carbonyl (C=O) groups excluding carboxylic acids is 3. The monoisotopic (exact) mass is 470 g/mol. The molecule has 0 aromatic heterocycles. The summed E-state index contributed by atoms with van der Waals surface area (Å²) in [5.41, 5.74) is 5.69. The molecule has 0 fully saturated rings. The second-order valence-electron chi connectivity index (χ2n) is 5.83. The van der Waals surface area contributed by atoms with Gasteiger partial charge in [-0.1, -0.05) is 53.0 Å². The van der Waals surface area contributed by atoms with Crippen molar-refractivity contribution < 1.29 is 14.4 Å². The van der Waals surface area contributed by atoms with Crippen LogP contribution in [0.4, 0.5) is 5.69 Å². The van der Waals surface area contributed by atoms with E-state index in [0.29, 0.717) is 5.56 Å². The third kappa shape index (κ3) is 4.84. The maximum absolute atomic E-state index is 13.0. The number of carbonyl (C=O) groups is 3. The molecule has 1 atom stereocenters. The molecular formula is C18H13Cl3N4O3S. The highest BCUT2D eigenvalue weighted by molar-refractivity contribution is 8.02. The van der Waals surface area contributed by atoms with Gasteiger partial charge in [0.05, 0.1) is 15.8 Å². The van der Waals surface area contributed by atoms with E-state index in [0.717, 1.165) is 16.8 Å². The van der Waals surface area contributed by atoms with E-state index in [1.54, 1.807) is 30.3 Å². The largest absolute Gasteiger partial charge is 0.369 e. The van der Waals surface area contributed by atoms with Gasteiger partial charge < -0.3 is 11.1 Å². The molecule has 0 aliphatic carbocycles. The topological polar surface area (TPSA) is 105 Å². The van der Waals surface area contributed by atoms with Crippen molar-refractivity contribution in [1.82, 2.24) is 5.32 Å². The molecule has 1 aliphatic rings. The van der Waals surface area contributed by atoms with Crippen LogP contribution in [0, 0.1) is 0 Å². The Morgan fingerprint density at radius 3 is 2.34 bits per heavy atom. The summed E-state index contributed by atoms with van der Waals surface area (Å²) >= 11 is 19.3. The number of hydrazone groups is 1. The van der Waals surface area contributed by atoms with E-state index < -0.39 is 23.0 Å². The number of benzene rings is 2. The van der Waals surface area contributed by atoms with Crippen LogP contribution in [0.25, 0.3) is 0 Å². The fraction of sp³-hybridized carbons (Fsp3) is 0.111. The number of hydrogen-bond acceptors (Lipinski definition) is 5. The molecule has 29 heavy (non-hydrogen) atoms. The second kappa shape index (κ2) is 9.04. The summed E-state index contributed by atoms with van der Waals surface area (Å²) in [5.74, 6) is -1.72. The zero-order valence-electron chi connectivity index (χ0n) is 14.6. The van der Waals surface area contributed by atoms with Crippen LogP contribution in [0.3, 0.4) is 0 Å². The minimum Gasteiger partial charge on any atom is -0.369 e. The molecule has 0 saturated heterocycles. The normalized spacial score (nSPS) is 16.0. The van der Waals surface area contributed by atoms with Crippen molar-refractivity contribution in [2.75, 3.05) is 10.8 Å². The number of anilines is 1. The Labute approximate surface area is 185 Å². The molecule has 3 rings (SSSR count). The van der Waals surface area contributed by atoms with Gasteiger partial charge in [0, 0.05) is 10.6 Å². The predicted molar refractivity (Wildman–Crippen MR) is 116 cm³/mol. The van der Waals surface area contributed by atoms with Crippen LogP contribution in [-0.4, -0.2) is 34.6 Å². The third-order valence-electron chi connectivity index (χ3n) is 3.75. The smallest absolute Gasteiger partial charge is 0.268 e. The molecular weight excluding hydrogens is 459 g/mol. The van der Waals surface area contributed by atoms with E-state index in [-0.39, 0.29) is 32.3 Å². The first-order chi connectivity index (χ1) is 13.8. The zero-order chi connectivity index (χ0) is 21.1. The Bertz CT molecular complexity index is 994. The SMILES string of the molecule is NC(=O)CSC1C(=O)N(c2c(Cl)cc(Cl)cc2Cl)N=C1NC(=O)c1ccccc1. The Morgan fingerprint density at radius 2 is 1.76 bits per heavy atom. The zero-order valence-corrected chi connectivity index (χ0v) is 17.6. The molecule has 11 heteroatoms. The highest BCUT2D eigenvalue weighted by atomic mass is 35.5. The van der Waals surface area contributed by atoms with Crippen molar-refractivity contribution >= 4 is 75.8 Å². The van der Waals surface area contributed by atoms with E-state index in [2.05, 4.69) is 10.4 Å². The molecule has 1 aliphatic heterocycles. The first-order valence-electron chi connectivity index (χ1n) is 8.11. The maximum Gasteiger partial charge on any atom is 0.268 e. The van der Waals surface area contributed by atoms with Gasteiger partial charge in [0.25, 0.3) is 11.8 Å². The van der Waals surface area contributed by atoms with Gasteiger partial charge in [0.2, 0.25) is 5.91 Å². The number of nitrogens with one attached hydrogen (secondary N) is 1.